The molecule has 2 aromatic carbocycles. The van der Waals surface area contributed by atoms with Crippen molar-refractivity contribution < 1.29 is 4.42 Å². The molecule has 4 rings (SSSR count). The fraction of sp³-hybridized carbons (Fsp3) is 0.0625. The Hall–Kier alpha value is -3.15. The van der Waals surface area contributed by atoms with E-state index in [-0.39, 0.29) is 0 Å². The number of fused-ring (bicyclic) bond motifs is 1. The first kappa shape index (κ1) is 12.6. The number of rotatable bonds is 4. The Kier molecular flexibility index (Phi) is 3.05. The fourth-order valence-electron chi connectivity index (χ4n) is 2.32. The van der Waals surface area contributed by atoms with Crippen LogP contribution in [0.25, 0.3) is 22.6 Å². The molecule has 0 atom stereocenters. The second-order valence-corrected chi connectivity index (χ2v) is 4.94. The summed E-state index contributed by atoms with van der Waals surface area (Å²) < 4.78 is 5.79. The van der Waals surface area contributed by atoms with E-state index in [9.17, 15) is 0 Å². The summed E-state index contributed by atoms with van der Waals surface area (Å²) in [5.74, 6) is 1.07. The number of aromatic nitrogens is 4. The van der Waals surface area contributed by atoms with Gasteiger partial charge in [0.15, 0.2) is 5.76 Å². The van der Waals surface area contributed by atoms with Crippen LogP contribution in [0.1, 0.15) is 5.56 Å². The Morgan fingerprint density at radius 3 is 2.77 bits per heavy atom. The van der Waals surface area contributed by atoms with E-state index < -0.39 is 0 Å². The van der Waals surface area contributed by atoms with Crippen LogP contribution < -0.4 is 5.32 Å². The number of tetrazole rings is 1. The molecule has 0 amide bonds. The maximum Gasteiger partial charge on any atom is 0.239 e. The largest absolute Gasteiger partial charge is 0.453 e. The number of nitrogens with one attached hydrogen (secondary N) is 2. The molecule has 6 heteroatoms. The minimum Gasteiger partial charge on any atom is -0.453 e. The summed E-state index contributed by atoms with van der Waals surface area (Å²) in [5.41, 5.74) is 3.05. The fourth-order valence-corrected chi connectivity index (χ4v) is 2.32. The van der Waals surface area contributed by atoms with Gasteiger partial charge in [-0.1, -0.05) is 30.3 Å². The highest BCUT2D eigenvalue weighted by molar-refractivity contribution is 5.82. The van der Waals surface area contributed by atoms with Crippen LogP contribution in [0.4, 0.5) is 5.69 Å². The summed E-state index contributed by atoms with van der Waals surface area (Å²) in [6, 6.07) is 18.1. The lowest BCUT2D eigenvalue weighted by Crippen LogP contribution is -1.98. The van der Waals surface area contributed by atoms with Gasteiger partial charge in [0, 0.05) is 17.6 Å². The molecular weight excluding hydrogens is 278 g/mol. The van der Waals surface area contributed by atoms with E-state index >= 15 is 0 Å². The van der Waals surface area contributed by atoms with Gasteiger partial charge in [0.25, 0.3) is 0 Å². The van der Waals surface area contributed by atoms with Gasteiger partial charge in [0.1, 0.15) is 5.58 Å². The Morgan fingerprint density at radius 1 is 1.05 bits per heavy atom. The van der Waals surface area contributed by atoms with Crippen molar-refractivity contribution in [3.8, 4) is 11.6 Å². The van der Waals surface area contributed by atoms with Gasteiger partial charge >= 0.3 is 0 Å². The molecule has 22 heavy (non-hydrogen) atoms. The molecule has 0 unspecified atom stereocenters. The Morgan fingerprint density at radius 2 is 1.95 bits per heavy atom. The zero-order valence-electron chi connectivity index (χ0n) is 11.7. The molecule has 0 saturated carbocycles. The number of H-pyrrole nitrogens is 1. The molecule has 4 aromatic rings. The topological polar surface area (TPSA) is 79.6 Å². The van der Waals surface area contributed by atoms with Crippen molar-refractivity contribution in [2.45, 2.75) is 6.54 Å². The van der Waals surface area contributed by atoms with Crippen LogP contribution in [0.5, 0.6) is 0 Å². The summed E-state index contributed by atoms with van der Waals surface area (Å²) in [6.45, 7) is 0.734. The zero-order chi connectivity index (χ0) is 14.8. The molecule has 0 aliphatic heterocycles. The normalized spacial score (nSPS) is 10.9. The minimum atomic E-state index is 0.458. The zero-order valence-corrected chi connectivity index (χ0v) is 11.7. The number of hydrogen-bond donors (Lipinski definition) is 2. The van der Waals surface area contributed by atoms with Gasteiger partial charge in [-0.25, -0.2) is 0 Å². The molecule has 0 saturated heterocycles. The lowest BCUT2D eigenvalue weighted by molar-refractivity contribution is 0.625. The van der Waals surface area contributed by atoms with Crippen molar-refractivity contribution in [1.82, 2.24) is 20.6 Å². The first-order valence-corrected chi connectivity index (χ1v) is 6.94. The number of anilines is 1. The van der Waals surface area contributed by atoms with Crippen LogP contribution in [0.3, 0.4) is 0 Å². The number of nitrogens with zero attached hydrogens (tertiary/aromatic N) is 3. The number of hydrogen-bond acceptors (Lipinski definition) is 5. The van der Waals surface area contributed by atoms with E-state index in [1.807, 2.05) is 48.5 Å². The maximum atomic E-state index is 5.79. The van der Waals surface area contributed by atoms with Crippen molar-refractivity contribution in [2.75, 3.05) is 5.32 Å². The third kappa shape index (κ3) is 2.42. The molecule has 2 aromatic heterocycles. The quantitative estimate of drug-likeness (QED) is 0.603. The maximum absolute atomic E-state index is 5.79. The smallest absolute Gasteiger partial charge is 0.239 e. The minimum absolute atomic E-state index is 0.458. The summed E-state index contributed by atoms with van der Waals surface area (Å²) in [4.78, 5) is 0. The van der Waals surface area contributed by atoms with Crippen LogP contribution in [0, 0.1) is 0 Å². The van der Waals surface area contributed by atoms with Crippen molar-refractivity contribution in [2.24, 2.45) is 0 Å². The van der Waals surface area contributed by atoms with Crippen LogP contribution >= 0.6 is 0 Å². The molecule has 2 heterocycles. The molecule has 108 valence electrons. The van der Waals surface area contributed by atoms with Crippen LogP contribution in [-0.2, 0) is 6.54 Å². The number of benzene rings is 2. The molecule has 0 radical (unpaired) electrons. The van der Waals surface area contributed by atoms with Gasteiger partial charge in [-0.05, 0) is 35.0 Å². The van der Waals surface area contributed by atoms with Crippen molar-refractivity contribution in [3.05, 3.63) is 60.2 Å². The molecule has 0 spiro atoms. The Balaban J connectivity index is 1.58. The monoisotopic (exact) mass is 291 g/mol. The average Bonchev–Trinajstić information content (AvgIpc) is 3.22. The summed E-state index contributed by atoms with van der Waals surface area (Å²) in [5, 5.41) is 18.2. The van der Waals surface area contributed by atoms with Crippen molar-refractivity contribution in [1.29, 1.82) is 0 Å². The van der Waals surface area contributed by atoms with Gasteiger partial charge in [-0.2, -0.15) is 5.21 Å². The van der Waals surface area contributed by atoms with Crippen molar-refractivity contribution >= 4 is 16.7 Å². The third-order valence-corrected chi connectivity index (χ3v) is 3.42. The second kappa shape index (κ2) is 5.33. The van der Waals surface area contributed by atoms with E-state index in [1.165, 1.54) is 0 Å². The van der Waals surface area contributed by atoms with E-state index in [2.05, 4.69) is 32.0 Å². The van der Waals surface area contributed by atoms with Gasteiger partial charge < -0.3 is 9.73 Å². The third-order valence-electron chi connectivity index (χ3n) is 3.42. The average molecular weight is 291 g/mol. The van der Waals surface area contributed by atoms with Gasteiger partial charge in [0.2, 0.25) is 5.82 Å². The lowest BCUT2D eigenvalue weighted by Gasteiger charge is -2.05. The molecule has 0 bridgehead atoms. The Labute approximate surface area is 126 Å². The van der Waals surface area contributed by atoms with Gasteiger partial charge in [-0.15, -0.1) is 10.2 Å². The molecule has 0 aliphatic rings. The molecule has 0 aliphatic carbocycles. The van der Waals surface area contributed by atoms with Crippen molar-refractivity contribution in [3.63, 3.8) is 0 Å². The highest BCUT2D eigenvalue weighted by Gasteiger charge is 2.10. The van der Waals surface area contributed by atoms with E-state index in [4.69, 9.17) is 4.42 Å². The van der Waals surface area contributed by atoms with E-state index in [1.54, 1.807) is 0 Å². The molecule has 0 fully saturated rings. The highest BCUT2D eigenvalue weighted by Crippen LogP contribution is 2.26. The summed E-state index contributed by atoms with van der Waals surface area (Å²) in [6.07, 6.45) is 0. The van der Waals surface area contributed by atoms with Gasteiger partial charge in [-0.3, -0.25) is 0 Å². The van der Waals surface area contributed by atoms with Crippen LogP contribution in [-0.4, -0.2) is 20.6 Å². The summed E-state index contributed by atoms with van der Waals surface area (Å²) >= 11 is 0. The van der Waals surface area contributed by atoms with E-state index in [0.29, 0.717) is 11.6 Å². The second-order valence-electron chi connectivity index (χ2n) is 4.94. The predicted molar refractivity (Wildman–Crippen MR) is 83.2 cm³/mol. The first-order valence-electron chi connectivity index (χ1n) is 6.94. The number of aromatic amines is 1. The first-order chi connectivity index (χ1) is 10.9. The molecular formula is C16H13N5O. The Bertz CT molecular complexity index is 883. The van der Waals surface area contributed by atoms with Crippen LogP contribution in [0.15, 0.2) is 59.0 Å². The SMILES string of the molecule is c1ccc(NCc2ccc3cc(-c4nn[nH]n4)oc3c2)cc1. The van der Waals surface area contributed by atoms with Gasteiger partial charge in [0.05, 0.1) is 0 Å². The number of para-hydroxylation sites is 1. The van der Waals surface area contributed by atoms with E-state index in [0.717, 1.165) is 28.8 Å². The highest BCUT2D eigenvalue weighted by atomic mass is 16.3. The number of furan rings is 1. The predicted octanol–water partition coefficient (Wildman–Crippen LogP) is 3.23. The summed E-state index contributed by atoms with van der Waals surface area (Å²) in [7, 11) is 0. The molecule has 6 nitrogen and oxygen atoms in total. The standard InChI is InChI=1S/C16H13N5O/c1-2-4-13(5-3-1)17-10-11-6-7-12-9-15(22-14(12)8-11)16-18-20-21-19-16/h1-9,17H,10H2,(H,18,19,20,21). The molecule has 2 N–H and O–H groups in total. The van der Waals surface area contributed by atoms with Crippen LogP contribution in [0.2, 0.25) is 0 Å². The lowest BCUT2D eigenvalue weighted by atomic mass is 10.1.